The number of rotatable bonds is 7. The second kappa shape index (κ2) is 8.21. The highest BCUT2D eigenvalue weighted by molar-refractivity contribution is 5.76. The molecule has 1 aliphatic heterocycles. The molecule has 1 aromatic carbocycles. The number of carbonyl (C=O) groups is 1. The quantitative estimate of drug-likeness (QED) is 0.810. The van der Waals surface area contributed by atoms with Crippen LogP contribution < -0.4 is 5.32 Å². The maximum atomic E-state index is 13.8. The van der Waals surface area contributed by atoms with Gasteiger partial charge in [0.05, 0.1) is 11.8 Å². The highest BCUT2D eigenvalue weighted by Gasteiger charge is 2.26. The van der Waals surface area contributed by atoms with Crippen LogP contribution in [-0.4, -0.2) is 41.5 Å². The van der Waals surface area contributed by atoms with Crippen LogP contribution in [0.5, 0.6) is 0 Å². The summed E-state index contributed by atoms with van der Waals surface area (Å²) < 4.78 is 19.5. The van der Waals surface area contributed by atoms with Gasteiger partial charge < -0.3 is 14.6 Å². The minimum atomic E-state index is -0.338. The molecule has 2 fully saturated rings. The Labute approximate surface area is 159 Å². The molecule has 1 saturated heterocycles. The molecule has 4 rings (SSSR count). The van der Waals surface area contributed by atoms with Gasteiger partial charge in [-0.05, 0) is 50.3 Å². The Morgan fingerprint density at radius 2 is 2.00 bits per heavy atom. The summed E-state index contributed by atoms with van der Waals surface area (Å²) in [6, 6.07) is 6.99. The average Bonchev–Trinajstić information content (AvgIpc) is 3.41. The molecule has 144 valence electrons. The van der Waals surface area contributed by atoms with Crippen LogP contribution in [0, 0.1) is 11.7 Å². The Kier molecular flexibility index (Phi) is 5.53. The van der Waals surface area contributed by atoms with Crippen LogP contribution in [0.4, 0.5) is 4.39 Å². The van der Waals surface area contributed by atoms with E-state index in [2.05, 4.69) is 10.3 Å². The number of nitrogens with one attached hydrogen (secondary N) is 1. The molecule has 0 atom stereocenters. The molecule has 5 nitrogen and oxygen atoms in total. The first-order valence-corrected chi connectivity index (χ1v) is 9.90. The zero-order valence-corrected chi connectivity index (χ0v) is 15.5. The third kappa shape index (κ3) is 4.75. The molecule has 6 heteroatoms. The minimum Gasteiger partial charge on any atom is -0.441 e. The molecule has 1 N–H and O–H groups in total. The molecule has 2 aliphatic rings. The summed E-state index contributed by atoms with van der Waals surface area (Å²) in [6.45, 7) is 2.76. The fourth-order valence-electron chi connectivity index (χ4n) is 3.57. The van der Waals surface area contributed by atoms with Crippen molar-refractivity contribution in [2.75, 3.05) is 19.6 Å². The van der Waals surface area contributed by atoms with E-state index in [1.54, 1.807) is 18.2 Å². The van der Waals surface area contributed by atoms with Gasteiger partial charge in [-0.2, -0.15) is 0 Å². The molecule has 0 unspecified atom stereocenters. The highest BCUT2D eigenvalue weighted by Crippen LogP contribution is 2.28. The van der Waals surface area contributed by atoms with Gasteiger partial charge in [-0.25, -0.2) is 9.37 Å². The molecular formula is C21H26FN3O2. The monoisotopic (exact) mass is 371 g/mol. The third-order valence-electron chi connectivity index (χ3n) is 5.49. The molecular weight excluding hydrogens is 345 g/mol. The summed E-state index contributed by atoms with van der Waals surface area (Å²) in [5.74, 6) is 1.57. The SMILES string of the molecule is O=C(CCc1ncc(-c2ccccc2F)o1)N1CCC(NCC2CC2)CC1. The van der Waals surface area contributed by atoms with Gasteiger partial charge >= 0.3 is 0 Å². The normalized spacial score (nSPS) is 18.0. The standard InChI is InChI=1S/C21H26FN3O2/c22-18-4-2-1-3-17(18)19-14-24-20(27-19)7-8-21(26)25-11-9-16(10-12-25)23-13-15-5-6-15/h1-4,14-16,23H,5-13H2. The minimum absolute atomic E-state index is 0.140. The molecule has 1 aromatic heterocycles. The van der Waals surface area contributed by atoms with E-state index in [1.165, 1.54) is 25.1 Å². The van der Waals surface area contributed by atoms with Crippen LogP contribution in [0.25, 0.3) is 11.3 Å². The van der Waals surface area contributed by atoms with Crippen molar-refractivity contribution in [3.05, 3.63) is 42.2 Å². The number of hydrogen-bond donors (Lipinski definition) is 1. The number of carbonyl (C=O) groups excluding carboxylic acids is 1. The van der Waals surface area contributed by atoms with E-state index >= 15 is 0 Å². The second-order valence-electron chi connectivity index (χ2n) is 7.60. The molecule has 0 radical (unpaired) electrons. The average molecular weight is 371 g/mol. The number of likely N-dealkylation sites (tertiary alicyclic amines) is 1. The summed E-state index contributed by atoms with van der Waals surface area (Å²) in [6.07, 6.45) is 7.11. The third-order valence-corrected chi connectivity index (χ3v) is 5.49. The Balaban J connectivity index is 1.23. The van der Waals surface area contributed by atoms with E-state index in [0.717, 1.165) is 38.4 Å². The second-order valence-corrected chi connectivity index (χ2v) is 7.60. The zero-order valence-electron chi connectivity index (χ0n) is 15.5. The van der Waals surface area contributed by atoms with Crippen LogP contribution in [0.2, 0.25) is 0 Å². The van der Waals surface area contributed by atoms with Crippen molar-refractivity contribution in [3.8, 4) is 11.3 Å². The number of hydrogen-bond acceptors (Lipinski definition) is 4. The zero-order chi connectivity index (χ0) is 18.6. The van der Waals surface area contributed by atoms with Crippen molar-refractivity contribution in [3.63, 3.8) is 0 Å². The number of halogens is 1. The van der Waals surface area contributed by atoms with Crippen LogP contribution in [-0.2, 0) is 11.2 Å². The van der Waals surface area contributed by atoms with Crippen LogP contribution in [0.15, 0.2) is 34.9 Å². The maximum Gasteiger partial charge on any atom is 0.223 e. The predicted octanol–water partition coefficient (Wildman–Crippen LogP) is 3.40. The number of piperidine rings is 1. The number of oxazole rings is 1. The largest absolute Gasteiger partial charge is 0.441 e. The van der Waals surface area contributed by atoms with Crippen molar-refractivity contribution >= 4 is 5.91 Å². The Morgan fingerprint density at radius 3 is 2.74 bits per heavy atom. The summed E-state index contributed by atoms with van der Waals surface area (Å²) >= 11 is 0. The topological polar surface area (TPSA) is 58.4 Å². The van der Waals surface area contributed by atoms with Gasteiger partial charge in [0.1, 0.15) is 5.82 Å². The number of nitrogens with zero attached hydrogens (tertiary/aromatic N) is 2. The van der Waals surface area contributed by atoms with Crippen LogP contribution in [0.3, 0.4) is 0 Å². The first-order chi connectivity index (χ1) is 13.2. The lowest BCUT2D eigenvalue weighted by Crippen LogP contribution is -2.45. The lowest BCUT2D eigenvalue weighted by molar-refractivity contribution is -0.132. The fourth-order valence-corrected chi connectivity index (χ4v) is 3.57. The molecule has 0 spiro atoms. The van der Waals surface area contributed by atoms with Crippen molar-refractivity contribution < 1.29 is 13.6 Å². The van der Waals surface area contributed by atoms with Gasteiger partial charge in [0.2, 0.25) is 5.91 Å². The Hall–Kier alpha value is -2.21. The molecule has 2 heterocycles. The van der Waals surface area contributed by atoms with Crippen molar-refractivity contribution in [1.29, 1.82) is 0 Å². The van der Waals surface area contributed by atoms with E-state index in [4.69, 9.17) is 4.42 Å². The number of aryl methyl sites for hydroxylation is 1. The van der Waals surface area contributed by atoms with Gasteiger partial charge in [-0.1, -0.05) is 12.1 Å². The van der Waals surface area contributed by atoms with Gasteiger partial charge in [0.15, 0.2) is 11.7 Å². The first kappa shape index (κ1) is 18.2. The van der Waals surface area contributed by atoms with Gasteiger partial charge in [-0.3, -0.25) is 4.79 Å². The number of benzene rings is 1. The van der Waals surface area contributed by atoms with Gasteiger partial charge in [0, 0.05) is 32.0 Å². The molecule has 1 amide bonds. The molecule has 1 saturated carbocycles. The number of amides is 1. The summed E-state index contributed by atoms with van der Waals surface area (Å²) in [5.41, 5.74) is 0.392. The number of aromatic nitrogens is 1. The fraction of sp³-hybridized carbons (Fsp3) is 0.524. The highest BCUT2D eigenvalue weighted by atomic mass is 19.1. The molecule has 2 aromatic rings. The van der Waals surface area contributed by atoms with E-state index in [1.807, 2.05) is 4.90 Å². The summed E-state index contributed by atoms with van der Waals surface area (Å²) in [4.78, 5) is 18.6. The molecule has 0 bridgehead atoms. The van der Waals surface area contributed by atoms with Crippen LogP contribution in [0.1, 0.15) is 38.0 Å². The van der Waals surface area contributed by atoms with Crippen LogP contribution >= 0.6 is 0 Å². The smallest absolute Gasteiger partial charge is 0.223 e. The lowest BCUT2D eigenvalue weighted by atomic mass is 10.0. The first-order valence-electron chi connectivity index (χ1n) is 9.90. The molecule has 27 heavy (non-hydrogen) atoms. The Morgan fingerprint density at radius 1 is 1.22 bits per heavy atom. The predicted molar refractivity (Wildman–Crippen MR) is 101 cm³/mol. The van der Waals surface area contributed by atoms with Crippen molar-refractivity contribution in [1.82, 2.24) is 15.2 Å². The lowest BCUT2D eigenvalue weighted by Gasteiger charge is -2.32. The van der Waals surface area contributed by atoms with Crippen molar-refractivity contribution in [2.24, 2.45) is 5.92 Å². The van der Waals surface area contributed by atoms with E-state index < -0.39 is 0 Å². The maximum absolute atomic E-state index is 13.8. The summed E-state index contributed by atoms with van der Waals surface area (Å²) in [5, 5.41) is 3.63. The molecule has 1 aliphatic carbocycles. The Bertz CT molecular complexity index is 779. The van der Waals surface area contributed by atoms with E-state index in [0.29, 0.717) is 36.1 Å². The van der Waals surface area contributed by atoms with Gasteiger partial charge in [0.25, 0.3) is 0 Å². The summed E-state index contributed by atoms with van der Waals surface area (Å²) in [7, 11) is 0. The van der Waals surface area contributed by atoms with E-state index in [9.17, 15) is 9.18 Å². The van der Waals surface area contributed by atoms with E-state index in [-0.39, 0.29) is 11.7 Å². The van der Waals surface area contributed by atoms with Gasteiger partial charge in [-0.15, -0.1) is 0 Å². The van der Waals surface area contributed by atoms with Crippen molar-refractivity contribution in [2.45, 2.75) is 44.6 Å².